The van der Waals surface area contributed by atoms with Crippen LogP contribution in [0.25, 0.3) is 32.9 Å². The van der Waals surface area contributed by atoms with Gasteiger partial charge in [-0.1, -0.05) is 12.0 Å². The molecule has 3 saturated heterocycles. The predicted octanol–water partition coefficient (Wildman–Crippen LogP) is 5.45. The van der Waals surface area contributed by atoms with E-state index < -0.39 is 11.6 Å². The van der Waals surface area contributed by atoms with E-state index in [0.717, 1.165) is 57.2 Å². The minimum Gasteiger partial charge on any atom is -0.508 e. The second kappa shape index (κ2) is 12.2. The number of benzene rings is 2. The van der Waals surface area contributed by atoms with Crippen LogP contribution in [0, 0.1) is 41.2 Å². The van der Waals surface area contributed by atoms with Crippen LogP contribution in [0.2, 0.25) is 0 Å². The molecule has 2 aromatic carbocycles. The van der Waals surface area contributed by atoms with Crippen molar-refractivity contribution in [2.45, 2.75) is 44.2 Å². The first-order valence-corrected chi connectivity index (χ1v) is 18.5. The highest BCUT2D eigenvalue weighted by Gasteiger charge is 2.51. The van der Waals surface area contributed by atoms with Gasteiger partial charge < -0.3 is 29.3 Å². The van der Waals surface area contributed by atoms with Crippen molar-refractivity contribution in [3.8, 4) is 41.2 Å². The average molecular weight is 733 g/mol. The summed E-state index contributed by atoms with van der Waals surface area (Å²) in [6.45, 7) is 4.47. The smallest absolute Gasteiger partial charge is 0.330 e. The molecule has 6 heterocycles. The Balaban J connectivity index is 1.08. The van der Waals surface area contributed by atoms with Gasteiger partial charge in [-0.05, 0) is 67.5 Å². The van der Waals surface area contributed by atoms with Crippen LogP contribution < -0.4 is 14.4 Å². The molecule has 14 heteroatoms. The molecule has 4 unspecified atom stereocenters. The summed E-state index contributed by atoms with van der Waals surface area (Å²) >= 11 is 0. The molecule has 276 valence electrons. The number of likely N-dealkylation sites (tertiary alicyclic amines) is 1. The van der Waals surface area contributed by atoms with E-state index in [0.29, 0.717) is 30.9 Å². The number of hydrogen-bond donors (Lipinski definition) is 1. The van der Waals surface area contributed by atoms with E-state index in [9.17, 15) is 9.90 Å². The topological polar surface area (TPSA) is 122 Å². The first-order valence-electron chi connectivity index (χ1n) is 18.5. The molecular weight excluding hydrogens is 694 g/mol. The average Bonchev–Trinajstić information content (AvgIpc) is 3.92. The van der Waals surface area contributed by atoms with E-state index in [1.165, 1.54) is 48.7 Å². The highest BCUT2D eigenvalue weighted by molar-refractivity contribution is 6.04. The number of rotatable bonds is 8. The molecule has 10 rings (SSSR count). The third kappa shape index (κ3) is 5.39. The van der Waals surface area contributed by atoms with Gasteiger partial charge in [0.15, 0.2) is 5.82 Å². The molecule has 2 saturated carbocycles. The van der Waals surface area contributed by atoms with E-state index in [4.69, 9.17) is 20.9 Å². The van der Waals surface area contributed by atoms with Gasteiger partial charge in [-0.15, -0.1) is 6.42 Å². The number of ether oxygens (including phenoxy) is 2. The van der Waals surface area contributed by atoms with Crippen molar-refractivity contribution in [2.75, 3.05) is 51.3 Å². The summed E-state index contributed by atoms with van der Waals surface area (Å²) in [5.41, 5.74) is -0.327. The molecule has 3 aliphatic heterocycles. The second-order valence-corrected chi connectivity index (χ2v) is 15.7. The van der Waals surface area contributed by atoms with Gasteiger partial charge in [-0.3, -0.25) is 4.57 Å². The van der Waals surface area contributed by atoms with Gasteiger partial charge >= 0.3 is 12.0 Å². The zero-order chi connectivity index (χ0) is 36.9. The zero-order valence-electron chi connectivity index (χ0n) is 29.7. The van der Waals surface area contributed by atoms with Crippen LogP contribution in [0.3, 0.4) is 0 Å². The standard InChI is InChI=1S/C40H38F2N8O4/c1-3-28-30(41)7-4-22-13-27(51)14-29(31(22)28)34-33(42)35-32(37(44-34)53-2)36(49-17-25-5-6-26(18-49)50(25)39(52)48-11-10-43-21-48)46-38(45-35)54-20-40(8-9-40)19-47-15-23-12-24(23)16-47/h1,4,7,10-11,13-14,21,23-26,51H,5-6,8-9,12,15-20H2,2H3. The van der Waals surface area contributed by atoms with Gasteiger partial charge in [-0.25, -0.2) is 23.5 Å². The summed E-state index contributed by atoms with van der Waals surface area (Å²) in [5, 5.41) is 11.6. The highest BCUT2D eigenvalue weighted by atomic mass is 19.1. The minimum absolute atomic E-state index is 0.0104. The Labute approximate surface area is 309 Å². The van der Waals surface area contributed by atoms with E-state index in [2.05, 4.69) is 25.8 Å². The zero-order valence-corrected chi connectivity index (χ0v) is 29.7. The number of aromatic nitrogens is 5. The molecule has 1 amide bonds. The third-order valence-electron chi connectivity index (χ3n) is 12.2. The van der Waals surface area contributed by atoms with Gasteiger partial charge in [0.05, 0.1) is 31.4 Å². The second-order valence-electron chi connectivity index (χ2n) is 15.7. The summed E-state index contributed by atoms with van der Waals surface area (Å²) in [6.07, 6.45) is 15.5. The Hall–Kier alpha value is -5.55. The quantitative estimate of drug-likeness (QED) is 0.206. The number of carbonyl (C=O) groups is 1. The van der Waals surface area contributed by atoms with Gasteiger partial charge in [0.2, 0.25) is 5.88 Å². The van der Waals surface area contributed by atoms with Crippen LogP contribution in [-0.2, 0) is 0 Å². The maximum atomic E-state index is 17.3. The largest absolute Gasteiger partial charge is 0.508 e. The van der Waals surface area contributed by atoms with Crippen molar-refractivity contribution >= 4 is 33.5 Å². The van der Waals surface area contributed by atoms with Crippen LogP contribution >= 0.6 is 0 Å². The molecule has 54 heavy (non-hydrogen) atoms. The summed E-state index contributed by atoms with van der Waals surface area (Å²) in [6, 6.07) is 5.05. The molecule has 4 atom stereocenters. The fourth-order valence-corrected chi connectivity index (χ4v) is 9.21. The normalized spacial score (nSPS) is 23.8. The lowest BCUT2D eigenvalue weighted by Crippen LogP contribution is -2.57. The van der Waals surface area contributed by atoms with E-state index in [1.807, 2.05) is 9.80 Å². The van der Waals surface area contributed by atoms with Crippen molar-refractivity contribution in [3.63, 3.8) is 0 Å². The Bertz CT molecular complexity index is 2370. The molecule has 2 bridgehead atoms. The third-order valence-corrected chi connectivity index (χ3v) is 12.2. The Morgan fingerprint density at radius 2 is 1.83 bits per heavy atom. The van der Waals surface area contributed by atoms with E-state index in [1.54, 1.807) is 12.4 Å². The fourth-order valence-electron chi connectivity index (χ4n) is 9.21. The Morgan fingerprint density at radius 3 is 2.52 bits per heavy atom. The number of fused-ring (bicyclic) bond motifs is 5. The number of nitrogens with zero attached hydrogens (tertiary/aromatic N) is 8. The van der Waals surface area contributed by atoms with Crippen molar-refractivity contribution in [1.82, 2.24) is 34.3 Å². The number of methoxy groups -OCH3 is 1. The number of phenolic OH excluding ortho intramolecular Hbond substituents is 1. The van der Waals surface area contributed by atoms with Crippen molar-refractivity contribution in [2.24, 2.45) is 17.3 Å². The molecular formula is C40H38F2N8O4. The lowest BCUT2D eigenvalue weighted by atomic mass is 9.95. The maximum Gasteiger partial charge on any atom is 0.330 e. The lowest BCUT2D eigenvalue weighted by Gasteiger charge is -2.41. The van der Waals surface area contributed by atoms with Crippen LogP contribution in [0.15, 0.2) is 43.0 Å². The number of piperazine rings is 1. The monoisotopic (exact) mass is 732 g/mol. The fraction of sp³-hybridized carbons (Fsp3) is 0.425. The molecule has 0 spiro atoms. The van der Waals surface area contributed by atoms with Gasteiger partial charge in [0.25, 0.3) is 0 Å². The highest BCUT2D eigenvalue weighted by Crippen LogP contribution is 2.51. The number of pyridine rings is 1. The van der Waals surface area contributed by atoms with E-state index >= 15 is 8.78 Å². The van der Waals surface area contributed by atoms with Crippen molar-refractivity contribution in [3.05, 3.63) is 60.2 Å². The molecule has 5 aromatic rings. The summed E-state index contributed by atoms with van der Waals surface area (Å²) in [5.74, 6) is 2.81. The number of aromatic hydroxyl groups is 1. The molecule has 5 fully saturated rings. The number of terminal acetylenes is 1. The van der Waals surface area contributed by atoms with Crippen molar-refractivity contribution < 1.29 is 28.2 Å². The number of carbonyl (C=O) groups excluding carboxylic acids is 1. The number of halogens is 2. The lowest BCUT2D eigenvalue weighted by molar-refractivity contribution is 0.161. The van der Waals surface area contributed by atoms with Crippen molar-refractivity contribution in [1.29, 1.82) is 0 Å². The number of anilines is 1. The van der Waals surface area contributed by atoms with Crippen LogP contribution in [0.4, 0.5) is 19.4 Å². The SMILES string of the molecule is C#Cc1c(F)ccc2cc(O)cc(-c3nc(OC)c4c(N5CC6CCC(C5)N6C(=O)n5ccnc5)nc(OCC5(CN6CC7CC7C6)CC5)nc4c3F)c12. The summed E-state index contributed by atoms with van der Waals surface area (Å²) in [4.78, 5) is 38.3. The summed E-state index contributed by atoms with van der Waals surface area (Å²) in [7, 11) is 1.43. The van der Waals surface area contributed by atoms with Crippen LogP contribution in [0.5, 0.6) is 17.6 Å². The first kappa shape index (κ1) is 33.1. The van der Waals surface area contributed by atoms with Crippen LogP contribution in [0.1, 0.15) is 37.7 Å². The van der Waals surface area contributed by atoms with Gasteiger partial charge in [0, 0.05) is 61.5 Å². The van der Waals surface area contributed by atoms with Crippen LogP contribution in [-0.4, -0.2) is 104 Å². The first-order chi connectivity index (χ1) is 26.2. The van der Waals surface area contributed by atoms with Gasteiger partial charge in [0.1, 0.15) is 40.3 Å². The molecule has 3 aromatic heterocycles. The molecule has 5 aliphatic rings. The molecule has 12 nitrogen and oxygen atoms in total. The molecule has 1 N–H and O–H groups in total. The number of piperidine rings is 1. The Morgan fingerprint density at radius 1 is 1.06 bits per heavy atom. The predicted molar refractivity (Wildman–Crippen MR) is 195 cm³/mol. The number of hydrogen-bond acceptors (Lipinski definition) is 10. The number of phenols is 1. The molecule has 2 aliphatic carbocycles. The minimum atomic E-state index is -0.826. The number of amides is 1. The van der Waals surface area contributed by atoms with Gasteiger partial charge in [-0.2, -0.15) is 9.97 Å². The Kier molecular flexibility index (Phi) is 7.49. The maximum absolute atomic E-state index is 17.3. The number of imidazole rings is 1. The summed E-state index contributed by atoms with van der Waals surface area (Å²) < 4.78 is 46.1. The van der Waals surface area contributed by atoms with E-state index in [-0.39, 0.29) is 74.3 Å². The molecule has 0 radical (unpaired) electrons.